The van der Waals surface area contributed by atoms with E-state index in [9.17, 15) is 13.2 Å². The highest BCUT2D eigenvalue weighted by Gasteiger charge is 2.36. The number of fused-ring (bicyclic) bond motifs is 1. The van der Waals surface area contributed by atoms with Crippen LogP contribution in [-0.4, -0.2) is 61.0 Å². The van der Waals surface area contributed by atoms with Gasteiger partial charge in [-0.05, 0) is 60.5 Å². The van der Waals surface area contributed by atoms with E-state index in [1.54, 1.807) is 24.4 Å². The van der Waals surface area contributed by atoms with Crippen LogP contribution in [0.25, 0.3) is 22.0 Å². The third kappa shape index (κ3) is 5.23. The van der Waals surface area contributed by atoms with Gasteiger partial charge in [0.1, 0.15) is 34.2 Å². The minimum absolute atomic E-state index is 0.0429. The number of nitrogens with zero attached hydrogens (tertiary/aromatic N) is 2. The molecule has 0 saturated carbocycles. The Morgan fingerprint density at radius 2 is 2.03 bits per heavy atom. The van der Waals surface area contributed by atoms with E-state index in [0.29, 0.717) is 26.8 Å². The molecule has 1 amide bonds. The van der Waals surface area contributed by atoms with Crippen molar-refractivity contribution in [2.45, 2.75) is 17.9 Å². The van der Waals surface area contributed by atoms with E-state index in [1.165, 1.54) is 10.4 Å². The van der Waals surface area contributed by atoms with E-state index in [-0.39, 0.29) is 36.9 Å². The molecule has 4 aromatic rings. The fourth-order valence-corrected chi connectivity index (χ4v) is 6.57. The van der Waals surface area contributed by atoms with Gasteiger partial charge >= 0.3 is 0 Å². The van der Waals surface area contributed by atoms with Crippen LogP contribution in [0, 0.1) is 6.92 Å². The number of nitrogens with two attached hydrogens (primary N) is 1. The average Bonchev–Trinajstić information content (AvgIpc) is 3.28. The number of nitrogens with one attached hydrogen (secondary N) is 1. The van der Waals surface area contributed by atoms with Crippen LogP contribution >= 0.6 is 23.2 Å². The highest BCUT2D eigenvalue weighted by Crippen LogP contribution is 2.32. The minimum Gasteiger partial charge on any atom is -0.491 e. The third-order valence-electron chi connectivity index (χ3n) is 6.33. The molecule has 38 heavy (non-hydrogen) atoms. The smallest absolute Gasteiger partial charge is 0.266 e. The maximum atomic E-state index is 13.7. The maximum Gasteiger partial charge on any atom is 0.266 e. The second-order valence-corrected chi connectivity index (χ2v) is 11.6. The Morgan fingerprint density at radius 3 is 2.74 bits per heavy atom. The highest BCUT2D eigenvalue weighted by molar-refractivity contribution is 7.89. The second kappa shape index (κ2) is 10.5. The quantitative estimate of drug-likeness (QED) is 0.314. The number of primary amides is 1. The number of sulfonamides is 1. The largest absolute Gasteiger partial charge is 0.491 e. The van der Waals surface area contributed by atoms with Gasteiger partial charge in [0.2, 0.25) is 10.0 Å². The number of carbonyl (C=O) groups excluding carboxylic acids is 1. The molecule has 5 rings (SSSR count). The zero-order valence-corrected chi connectivity index (χ0v) is 22.6. The monoisotopic (exact) mass is 574 g/mol. The number of aryl methyl sites for hydroxylation is 1. The number of aromatic amines is 1. The van der Waals surface area contributed by atoms with Crippen molar-refractivity contribution in [3.05, 3.63) is 76.2 Å². The molecule has 1 fully saturated rings. The summed E-state index contributed by atoms with van der Waals surface area (Å²) >= 11 is 12.0. The van der Waals surface area contributed by atoms with Gasteiger partial charge in [-0.15, -0.1) is 0 Å². The summed E-state index contributed by atoms with van der Waals surface area (Å²) in [7, 11) is -4.11. The SMILES string of the molecule is Cc1cc(OCC2CN(S(=O)(=O)c3c(C(N)=O)[nH]c4ccc(Cl)cc34)CCO2)ccc1-c1ccc(Cl)nc1. The number of aromatic nitrogens is 2. The third-order valence-corrected chi connectivity index (χ3v) is 8.74. The summed E-state index contributed by atoms with van der Waals surface area (Å²) in [6, 6.07) is 14.0. The number of hydrogen-bond acceptors (Lipinski definition) is 6. The van der Waals surface area contributed by atoms with Gasteiger partial charge in [-0.1, -0.05) is 29.3 Å². The predicted octanol–water partition coefficient (Wildman–Crippen LogP) is 4.41. The Kier molecular flexibility index (Phi) is 7.34. The van der Waals surface area contributed by atoms with Crippen LogP contribution in [0.4, 0.5) is 0 Å². The van der Waals surface area contributed by atoms with Crippen molar-refractivity contribution < 1.29 is 22.7 Å². The molecule has 1 saturated heterocycles. The standard InChI is InChI=1S/C26H24Cl2N4O5S/c1-15-10-18(4-5-20(15)16-2-7-23(28)30-12-16)37-14-19-13-32(8-9-36-19)38(34,35)25-21-11-17(27)3-6-22(21)31-24(25)26(29)33/h2-7,10-12,19,31H,8-9,13-14H2,1H3,(H2,29,33). The minimum atomic E-state index is -4.11. The van der Waals surface area contributed by atoms with Gasteiger partial charge in [0.05, 0.1) is 6.61 Å². The van der Waals surface area contributed by atoms with Crippen molar-refractivity contribution in [3.8, 4) is 16.9 Å². The first-order valence-corrected chi connectivity index (χ1v) is 13.9. The van der Waals surface area contributed by atoms with Crippen LogP contribution < -0.4 is 10.5 Å². The molecule has 9 nitrogen and oxygen atoms in total. The topological polar surface area (TPSA) is 128 Å². The van der Waals surface area contributed by atoms with Gasteiger partial charge in [0.25, 0.3) is 5.91 Å². The molecular weight excluding hydrogens is 551 g/mol. The molecule has 1 atom stereocenters. The number of rotatable bonds is 7. The lowest BCUT2D eigenvalue weighted by molar-refractivity contribution is -0.0249. The van der Waals surface area contributed by atoms with E-state index >= 15 is 0 Å². The van der Waals surface area contributed by atoms with Gasteiger partial charge in [-0.25, -0.2) is 13.4 Å². The van der Waals surface area contributed by atoms with E-state index in [0.717, 1.165) is 16.7 Å². The number of carbonyl (C=O) groups is 1. The number of hydrogen-bond donors (Lipinski definition) is 2. The first-order chi connectivity index (χ1) is 18.1. The molecule has 1 aliphatic rings. The van der Waals surface area contributed by atoms with Crippen LogP contribution in [0.3, 0.4) is 0 Å². The number of ether oxygens (including phenoxy) is 2. The van der Waals surface area contributed by atoms with Gasteiger partial charge in [-0.2, -0.15) is 4.31 Å². The van der Waals surface area contributed by atoms with Gasteiger partial charge < -0.3 is 20.2 Å². The number of H-pyrrole nitrogens is 1. The Labute approximate surface area is 229 Å². The lowest BCUT2D eigenvalue weighted by Crippen LogP contribution is -2.47. The zero-order valence-electron chi connectivity index (χ0n) is 20.3. The molecule has 1 aliphatic heterocycles. The fourth-order valence-electron chi connectivity index (χ4n) is 4.50. The van der Waals surface area contributed by atoms with Crippen LogP contribution in [0.2, 0.25) is 10.2 Å². The number of amides is 1. The number of benzene rings is 2. The van der Waals surface area contributed by atoms with Gasteiger partial charge in [0.15, 0.2) is 0 Å². The number of pyridine rings is 1. The molecule has 1 unspecified atom stereocenters. The van der Waals surface area contributed by atoms with Crippen molar-refractivity contribution >= 4 is 50.0 Å². The van der Waals surface area contributed by atoms with Crippen molar-refractivity contribution in [2.75, 3.05) is 26.3 Å². The van der Waals surface area contributed by atoms with E-state index in [2.05, 4.69) is 9.97 Å². The molecule has 0 radical (unpaired) electrons. The molecule has 3 heterocycles. The van der Waals surface area contributed by atoms with Crippen molar-refractivity contribution in [3.63, 3.8) is 0 Å². The van der Waals surface area contributed by atoms with Crippen molar-refractivity contribution in [1.82, 2.24) is 14.3 Å². The lowest BCUT2D eigenvalue weighted by atomic mass is 10.0. The maximum absolute atomic E-state index is 13.7. The van der Waals surface area contributed by atoms with Crippen LogP contribution in [-0.2, 0) is 14.8 Å². The normalized spacial score (nSPS) is 16.6. The van der Waals surface area contributed by atoms with Crippen molar-refractivity contribution in [1.29, 1.82) is 0 Å². The molecule has 0 bridgehead atoms. The van der Waals surface area contributed by atoms with E-state index < -0.39 is 22.0 Å². The predicted molar refractivity (Wildman–Crippen MR) is 145 cm³/mol. The average molecular weight is 575 g/mol. The first kappa shape index (κ1) is 26.5. The van der Waals surface area contributed by atoms with Crippen LogP contribution in [0.1, 0.15) is 16.1 Å². The van der Waals surface area contributed by atoms with E-state index in [1.807, 2.05) is 31.2 Å². The molecule has 3 N–H and O–H groups in total. The van der Waals surface area contributed by atoms with Crippen LogP contribution in [0.15, 0.2) is 59.6 Å². The molecule has 2 aromatic heterocycles. The Hall–Kier alpha value is -3.15. The molecule has 12 heteroatoms. The molecule has 0 aliphatic carbocycles. The van der Waals surface area contributed by atoms with Gasteiger partial charge in [-0.3, -0.25) is 4.79 Å². The number of morpholine rings is 1. The molecule has 2 aromatic carbocycles. The summed E-state index contributed by atoms with van der Waals surface area (Å²) in [6.07, 6.45) is 1.19. The van der Waals surface area contributed by atoms with Crippen molar-refractivity contribution in [2.24, 2.45) is 5.73 Å². The number of halogens is 2. The summed E-state index contributed by atoms with van der Waals surface area (Å²) in [4.78, 5) is 18.9. The van der Waals surface area contributed by atoms with Crippen LogP contribution in [0.5, 0.6) is 5.75 Å². The summed E-state index contributed by atoms with van der Waals surface area (Å²) in [6.45, 7) is 2.43. The lowest BCUT2D eigenvalue weighted by Gasteiger charge is -2.32. The second-order valence-electron chi connectivity index (χ2n) is 8.90. The summed E-state index contributed by atoms with van der Waals surface area (Å²) in [5.41, 5.74) is 8.68. The summed E-state index contributed by atoms with van der Waals surface area (Å²) in [5.74, 6) is -0.253. The van der Waals surface area contributed by atoms with E-state index in [4.69, 9.17) is 38.4 Å². The Bertz CT molecular complexity index is 1620. The summed E-state index contributed by atoms with van der Waals surface area (Å²) in [5, 5.41) is 1.07. The zero-order chi connectivity index (χ0) is 27.0. The first-order valence-electron chi connectivity index (χ1n) is 11.7. The Morgan fingerprint density at radius 1 is 1.21 bits per heavy atom. The highest BCUT2D eigenvalue weighted by atomic mass is 35.5. The fraction of sp³-hybridized carbons (Fsp3) is 0.231. The molecule has 198 valence electrons. The van der Waals surface area contributed by atoms with Gasteiger partial charge in [0, 0.05) is 40.8 Å². The molecular formula is C26H24Cl2N4O5S. The molecule has 0 spiro atoms. The Balaban J connectivity index is 1.32. The summed E-state index contributed by atoms with van der Waals surface area (Å²) < 4.78 is 40.4.